The van der Waals surface area contributed by atoms with Crippen LogP contribution in [0.25, 0.3) is 11.1 Å². The van der Waals surface area contributed by atoms with Crippen LogP contribution in [0.3, 0.4) is 0 Å². The van der Waals surface area contributed by atoms with E-state index in [9.17, 15) is 19.5 Å². The van der Waals surface area contributed by atoms with Crippen LogP contribution >= 0.6 is 11.6 Å². The third kappa shape index (κ3) is 4.30. The summed E-state index contributed by atoms with van der Waals surface area (Å²) in [7, 11) is 0. The normalized spacial score (nSPS) is 10.2. The predicted octanol–water partition coefficient (Wildman–Crippen LogP) is 2.30. The molecule has 7 nitrogen and oxygen atoms in total. The molecule has 1 aromatic heterocycles. The molecule has 1 amide bonds. The molecule has 0 saturated heterocycles. The zero-order chi connectivity index (χ0) is 17.7. The lowest BCUT2D eigenvalue weighted by atomic mass is 10.0. The van der Waals surface area contributed by atoms with Crippen molar-refractivity contribution in [2.75, 3.05) is 6.54 Å². The van der Waals surface area contributed by atoms with Crippen LogP contribution in [-0.4, -0.2) is 39.6 Å². The molecule has 8 heteroatoms. The highest BCUT2D eigenvalue weighted by molar-refractivity contribution is 6.31. The number of benzene rings is 1. The molecule has 0 saturated carbocycles. The molecule has 0 unspecified atom stereocenters. The SMILES string of the molecule is O=C(O)CCNC(=O)c1ccc(-c2cc(Cl)ccc2C(=O)O)cn1. The van der Waals surface area contributed by atoms with E-state index in [-0.39, 0.29) is 24.2 Å². The quantitative estimate of drug-likeness (QED) is 0.737. The van der Waals surface area contributed by atoms with E-state index in [0.29, 0.717) is 16.1 Å². The van der Waals surface area contributed by atoms with Gasteiger partial charge >= 0.3 is 11.9 Å². The number of carbonyl (C=O) groups is 3. The van der Waals surface area contributed by atoms with E-state index in [4.69, 9.17) is 16.7 Å². The summed E-state index contributed by atoms with van der Waals surface area (Å²) in [4.78, 5) is 37.5. The largest absolute Gasteiger partial charge is 0.481 e. The van der Waals surface area contributed by atoms with E-state index in [0.717, 1.165) is 0 Å². The first-order valence-electron chi connectivity index (χ1n) is 6.87. The molecular formula is C16H13ClN2O5. The predicted molar refractivity (Wildman–Crippen MR) is 86.2 cm³/mol. The number of carboxylic acid groups (broad SMARTS) is 2. The summed E-state index contributed by atoms with van der Waals surface area (Å²) < 4.78 is 0. The monoisotopic (exact) mass is 348 g/mol. The fourth-order valence-corrected chi connectivity index (χ4v) is 2.17. The number of pyridine rings is 1. The molecule has 0 aliphatic rings. The maximum atomic E-state index is 11.8. The average Bonchev–Trinajstić information content (AvgIpc) is 2.54. The molecule has 1 heterocycles. The smallest absolute Gasteiger partial charge is 0.336 e. The van der Waals surface area contributed by atoms with E-state index >= 15 is 0 Å². The van der Waals surface area contributed by atoms with Crippen LogP contribution in [0.2, 0.25) is 5.02 Å². The van der Waals surface area contributed by atoms with E-state index in [1.165, 1.54) is 30.5 Å². The van der Waals surface area contributed by atoms with Crippen LogP contribution in [0, 0.1) is 0 Å². The Labute approximate surface area is 141 Å². The number of carbonyl (C=O) groups excluding carboxylic acids is 1. The van der Waals surface area contributed by atoms with Gasteiger partial charge in [0.1, 0.15) is 5.69 Å². The van der Waals surface area contributed by atoms with Gasteiger partial charge in [-0.2, -0.15) is 0 Å². The van der Waals surface area contributed by atoms with E-state index in [1.54, 1.807) is 6.07 Å². The van der Waals surface area contributed by atoms with Gasteiger partial charge in [-0.15, -0.1) is 0 Å². The summed E-state index contributed by atoms with van der Waals surface area (Å²) in [6.45, 7) is -0.00491. The molecule has 2 rings (SSSR count). The minimum absolute atomic E-state index is 0.00491. The summed E-state index contributed by atoms with van der Waals surface area (Å²) in [5.74, 6) is -2.62. The molecule has 0 radical (unpaired) electrons. The number of aromatic nitrogens is 1. The number of nitrogens with one attached hydrogen (secondary N) is 1. The second kappa shape index (κ2) is 7.56. The summed E-state index contributed by atoms with van der Waals surface area (Å²) in [6, 6.07) is 7.36. The number of halogens is 1. The lowest BCUT2D eigenvalue weighted by Crippen LogP contribution is -2.26. The van der Waals surface area contributed by atoms with Crippen molar-refractivity contribution in [2.24, 2.45) is 0 Å². The molecular weight excluding hydrogens is 336 g/mol. The lowest BCUT2D eigenvalue weighted by Gasteiger charge is -2.08. The van der Waals surface area contributed by atoms with Crippen LogP contribution in [0.1, 0.15) is 27.3 Å². The number of aromatic carboxylic acids is 1. The number of nitrogens with zero attached hydrogens (tertiary/aromatic N) is 1. The Bertz CT molecular complexity index is 790. The number of aliphatic carboxylic acids is 1. The average molecular weight is 349 g/mol. The van der Waals surface area contributed by atoms with Gasteiger partial charge in [-0.25, -0.2) is 4.79 Å². The Hall–Kier alpha value is -2.93. The second-order valence-electron chi connectivity index (χ2n) is 4.83. The molecule has 0 atom stereocenters. The van der Waals surface area contributed by atoms with Gasteiger partial charge in [0.05, 0.1) is 12.0 Å². The zero-order valence-electron chi connectivity index (χ0n) is 12.3. The molecule has 24 heavy (non-hydrogen) atoms. The first kappa shape index (κ1) is 17.4. The molecule has 0 fully saturated rings. The number of amides is 1. The fraction of sp³-hybridized carbons (Fsp3) is 0.125. The van der Waals surface area contributed by atoms with Crippen LogP contribution in [-0.2, 0) is 4.79 Å². The van der Waals surface area contributed by atoms with Gasteiger partial charge < -0.3 is 15.5 Å². The third-order valence-corrected chi connectivity index (χ3v) is 3.38. The Morgan fingerprint density at radius 2 is 1.88 bits per heavy atom. The van der Waals surface area contributed by atoms with Crippen molar-refractivity contribution in [1.82, 2.24) is 10.3 Å². The van der Waals surface area contributed by atoms with Crippen LogP contribution < -0.4 is 5.32 Å². The maximum Gasteiger partial charge on any atom is 0.336 e. The Balaban J connectivity index is 2.21. The van der Waals surface area contributed by atoms with Gasteiger partial charge in [0.2, 0.25) is 0 Å². The Morgan fingerprint density at radius 3 is 2.46 bits per heavy atom. The number of hydrogen-bond donors (Lipinski definition) is 3. The summed E-state index contributed by atoms with van der Waals surface area (Å²) in [6.07, 6.45) is 1.18. The summed E-state index contributed by atoms with van der Waals surface area (Å²) in [5, 5.41) is 20.6. The number of hydrogen-bond acceptors (Lipinski definition) is 4. The molecule has 124 valence electrons. The van der Waals surface area contributed by atoms with Gasteiger partial charge in [-0.1, -0.05) is 17.7 Å². The molecule has 0 aliphatic carbocycles. The Kier molecular flexibility index (Phi) is 5.49. The standard InChI is InChI=1S/C16H13ClN2O5/c17-10-2-3-11(16(23)24)12(7-10)9-1-4-13(19-8-9)15(22)18-6-5-14(20)21/h1-4,7-8H,5-6H2,(H,18,22)(H,20,21)(H,23,24). The summed E-state index contributed by atoms with van der Waals surface area (Å²) in [5.41, 5.74) is 1.06. The van der Waals surface area contributed by atoms with Crippen LogP contribution in [0.5, 0.6) is 0 Å². The summed E-state index contributed by atoms with van der Waals surface area (Å²) >= 11 is 5.91. The highest BCUT2D eigenvalue weighted by Crippen LogP contribution is 2.26. The molecule has 3 N–H and O–H groups in total. The Morgan fingerprint density at radius 1 is 1.12 bits per heavy atom. The zero-order valence-corrected chi connectivity index (χ0v) is 13.1. The minimum Gasteiger partial charge on any atom is -0.481 e. The lowest BCUT2D eigenvalue weighted by molar-refractivity contribution is -0.136. The van der Waals surface area contributed by atoms with Crippen molar-refractivity contribution in [2.45, 2.75) is 6.42 Å². The van der Waals surface area contributed by atoms with E-state index in [1.807, 2.05) is 0 Å². The maximum absolute atomic E-state index is 11.8. The topological polar surface area (TPSA) is 117 Å². The van der Waals surface area contributed by atoms with Gasteiger partial charge in [0, 0.05) is 23.3 Å². The highest BCUT2D eigenvalue weighted by Gasteiger charge is 2.14. The number of rotatable bonds is 6. The van der Waals surface area contributed by atoms with Crippen molar-refractivity contribution in [3.63, 3.8) is 0 Å². The fourth-order valence-electron chi connectivity index (χ4n) is 2.00. The number of carboxylic acids is 2. The third-order valence-electron chi connectivity index (χ3n) is 3.14. The van der Waals surface area contributed by atoms with Gasteiger partial charge in [-0.3, -0.25) is 14.6 Å². The van der Waals surface area contributed by atoms with Crippen LogP contribution in [0.15, 0.2) is 36.5 Å². The molecule has 0 aliphatic heterocycles. The van der Waals surface area contributed by atoms with Crippen molar-refractivity contribution in [3.8, 4) is 11.1 Å². The highest BCUT2D eigenvalue weighted by atomic mass is 35.5. The van der Waals surface area contributed by atoms with Gasteiger partial charge in [0.15, 0.2) is 0 Å². The van der Waals surface area contributed by atoms with Gasteiger partial charge in [-0.05, 0) is 29.8 Å². The van der Waals surface area contributed by atoms with Gasteiger partial charge in [0.25, 0.3) is 5.91 Å². The van der Waals surface area contributed by atoms with E-state index < -0.39 is 17.8 Å². The molecule has 1 aromatic carbocycles. The first-order valence-corrected chi connectivity index (χ1v) is 7.25. The molecule has 2 aromatic rings. The minimum atomic E-state index is -1.10. The van der Waals surface area contributed by atoms with Crippen molar-refractivity contribution >= 4 is 29.4 Å². The van der Waals surface area contributed by atoms with Crippen molar-refractivity contribution in [3.05, 3.63) is 52.8 Å². The first-order chi connectivity index (χ1) is 11.4. The second-order valence-corrected chi connectivity index (χ2v) is 5.26. The van der Waals surface area contributed by atoms with E-state index in [2.05, 4.69) is 10.3 Å². The van der Waals surface area contributed by atoms with Crippen molar-refractivity contribution in [1.29, 1.82) is 0 Å². The van der Waals surface area contributed by atoms with Crippen LogP contribution in [0.4, 0.5) is 0 Å². The molecule has 0 bridgehead atoms. The molecule has 0 spiro atoms. The van der Waals surface area contributed by atoms with Crippen molar-refractivity contribution < 1.29 is 24.6 Å².